The van der Waals surface area contributed by atoms with Crippen LogP contribution in [0.2, 0.25) is 0 Å². The van der Waals surface area contributed by atoms with E-state index in [2.05, 4.69) is 55.5 Å². The second-order valence-electron chi connectivity index (χ2n) is 6.84. The molecule has 3 heteroatoms. The van der Waals surface area contributed by atoms with Crippen LogP contribution in [0.4, 0.5) is 13.2 Å². The van der Waals surface area contributed by atoms with E-state index in [9.17, 15) is 13.2 Å². The molecular weight excluding hydrogens is 345 g/mol. The first-order valence-corrected chi connectivity index (χ1v) is 9.30. The maximum Gasteiger partial charge on any atom is 0.416 e. The third kappa shape index (κ3) is 5.22. The van der Waals surface area contributed by atoms with Crippen molar-refractivity contribution in [3.8, 4) is 11.1 Å². The molecule has 0 spiro atoms. The molecule has 0 heterocycles. The molecule has 0 radical (unpaired) electrons. The van der Waals surface area contributed by atoms with Gasteiger partial charge in [-0.05, 0) is 59.2 Å². The Morgan fingerprint density at radius 3 is 1.30 bits per heavy atom. The minimum Gasteiger partial charge on any atom is -0.166 e. The topological polar surface area (TPSA) is 0 Å². The Labute approximate surface area is 158 Å². The molecule has 140 valence electrons. The van der Waals surface area contributed by atoms with Crippen molar-refractivity contribution in [2.75, 3.05) is 0 Å². The molecule has 0 atom stereocenters. The van der Waals surface area contributed by atoms with Gasteiger partial charge in [0.05, 0.1) is 5.56 Å². The fourth-order valence-corrected chi connectivity index (χ4v) is 3.17. The monoisotopic (exact) mass is 368 g/mol. The molecule has 0 aliphatic rings. The van der Waals surface area contributed by atoms with Gasteiger partial charge in [0.1, 0.15) is 0 Å². The third-order valence-electron chi connectivity index (χ3n) is 4.76. The smallest absolute Gasteiger partial charge is 0.166 e. The molecule has 0 aromatic heterocycles. The van der Waals surface area contributed by atoms with E-state index in [1.807, 2.05) is 0 Å². The maximum absolute atomic E-state index is 12.6. The largest absolute Gasteiger partial charge is 0.416 e. The first-order valence-electron chi connectivity index (χ1n) is 9.30. The lowest BCUT2D eigenvalue weighted by Crippen LogP contribution is -2.04. The van der Waals surface area contributed by atoms with Crippen LogP contribution in [0.25, 0.3) is 11.1 Å². The molecular formula is C24H23F3. The van der Waals surface area contributed by atoms with Crippen LogP contribution in [-0.4, -0.2) is 0 Å². The van der Waals surface area contributed by atoms with Crippen molar-refractivity contribution in [2.24, 2.45) is 0 Å². The van der Waals surface area contributed by atoms with Crippen molar-refractivity contribution in [1.82, 2.24) is 0 Å². The highest BCUT2D eigenvalue weighted by Crippen LogP contribution is 2.29. The number of aryl methyl sites for hydroxylation is 3. The van der Waals surface area contributed by atoms with Crippen molar-refractivity contribution < 1.29 is 13.2 Å². The quantitative estimate of drug-likeness (QED) is 0.435. The number of benzene rings is 3. The van der Waals surface area contributed by atoms with Gasteiger partial charge >= 0.3 is 6.18 Å². The summed E-state index contributed by atoms with van der Waals surface area (Å²) >= 11 is 0. The molecule has 0 unspecified atom stereocenters. The van der Waals surface area contributed by atoms with Gasteiger partial charge in [0, 0.05) is 0 Å². The molecule has 0 bridgehead atoms. The molecule has 0 nitrogen and oxygen atoms in total. The summed E-state index contributed by atoms with van der Waals surface area (Å²) in [6, 6.07) is 22.5. The molecule has 3 aromatic rings. The van der Waals surface area contributed by atoms with Crippen molar-refractivity contribution in [3.05, 3.63) is 95.1 Å². The van der Waals surface area contributed by atoms with Crippen molar-refractivity contribution >= 4 is 0 Å². The highest BCUT2D eigenvalue weighted by Gasteiger charge is 2.29. The summed E-state index contributed by atoms with van der Waals surface area (Å²) in [5, 5.41) is 0. The number of rotatable bonds is 6. The van der Waals surface area contributed by atoms with Crippen LogP contribution in [0.1, 0.15) is 35.6 Å². The summed E-state index contributed by atoms with van der Waals surface area (Å²) in [4.78, 5) is 0. The molecule has 3 aromatic carbocycles. The van der Waals surface area contributed by atoms with Gasteiger partial charge in [-0.3, -0.25) is 0 Å². The van der Waals surface area contributed by atoms with Crippen LogP contribution in [0, 0.1) is 0 Å². The fourth-order valence-electron chi connectivity index (χ4n) is 3.17. The fraction of sp³-hybridized carbons (Fsp3) is 0.250. The molecule has 0 saturated carbocycles. The third-order valence-corrected chi connectivity index (χ3v) is 4.76. The summed E-state index contributed by atoms with van der Waals surface area (Å²) in [7, 11) is 0. The zero-order valence-corrected chi connectivity index (χ0v) is 15.4. The van der Waals surface area contributed by atoms with E-state index in [4.69, 9.17) is 0 Å². The van der Waals surface area contributed by atoms with Gasteiger partial charge in [-0.2, -0.15) is 13.2 Å². The highest BCUT2D eigenvalue weighted by molar-refractivity contribution is 5.64. The van der Waals surface area contributed by atoms with E-state index in [0.29, 0.717) is 0 Å². The first-order chi connectivity index (χ1) is 13.0. The standard InChI is InChI=1S/C24H23F3/c1-2-3-18-6-12-21(13-7-18)22-14-8-19(9-15-22)4-5-20-10-16-23(17-11-20)24(25,26)27/h6-17H,2-5H2,1H3. The summed E-state index contributed by atoms with van der Waals surface area (Å²) in [5.41, 5.74) is 5.23. The highest BCUT2D eigenvalue weighted by atomic mass is 19.4. The Hall–Kier alpha value is -2.55. The predicted molar refractivity (Wildman–Crippen MR) is 105 cm³/mol. The number of halogens is 3. The molecule has 0 fully saturated rings. The van der Waals surface area contributed by atoms with Crippen LogP contribution in [0.15, 0.2) is 72.8 Å². The van der Waals surface area contributed by atoms with Crippen LogP contribution in [0.3, 0.4) is 0 Å². The van der Waals surface area contributed by atoms with E-state index in [1.54, 1.807) is 12.1 Å². The molecule has 27 heavy (non-hydrogen) atoms. The molecule has 0 amide bonds. The van der Waals surface area contributed by atoms with Gasteiger partial charge in [-0.1, -0.05) is 74.0 Å². The first kappa shape index (κ1) is 19.2. The van der Waals surface area contributed by atoms with Gasteiger partial charge in [0.15, 0.2) is 0 Å². The van der Waals surface area contributed by atoms with E-state index in [0.717, 1.165) is 43.4 Å². The summed E-state index contributed by atoms with van der Waals surface area (Å²) in [5.74, 6) is 0. The lowest BCUT2D eigenvalue weighted by molar-refractivity contribution is -0.137. The van der Waals surface area contributed by atoms with Gasteiger partial charge in [-0.25, -0.2) is 0 Å². The summed E-state index contributed by atoms with van der Waals surface area (Å²) < 4.78 is 37.8. The average Bonchev–Trinajstić information content (AvgIpc) is 2.67. The molecule has 3 rings (SSSR count). The Balaban J connectivity index is 1.60. The van der Waals surface area contributed by atoms with Crippen LogP contribution < -0.4 is 0 Å². The van der Waals surface area contributed by atoms with Crippen LogP contribution in [-0.2, 0) is 25.4 Å². The van der Waals surface area contributed by atoms with E-state index in [1.165, 1.54) is 22.3 Å². The van der Waals surface area contributed by atoms with Crippen molar-refractivity contribution in [1.29, 1.82) is 0 Å². The molecule has 0 saturated heterocycles. The minimum absolute atomic E-state index is 0.597. The lowest BCUT2D eigenvalue weighted by Gasteiger charge is -2.08. The lowest BCUT2D eigenvalue weighted by atomic mass is 9.99. The Morgan fingerprint density at radius 2 is 0.926 bits per heavy atom. The summed E-state index contributed by atoms with van der Waals surface area (Å²) in [6.07, 6.45) is -0.497. The maximum atomic E-state index is 12.6. The van der Waals surface area contributed by atoms with Gasteiger partial charge in [0.25, 0.3) is 0 Å². The van der Waals surface area contributed by atoms with Crippen molar-refractivity contribution in [2.45, 2.75) is 38.8 Å². The zero-order chi connectivity index (χ0) is 19.3. The minimum atomic E-state index is -4.27. The second-order valence-corrected chi connectivity index (χ2v) is 6.84. The normalized spacial score (nSPS) is 11.6. The SMILES string of the molecule is CCCc1ccc(-c2ccc(CCc3ccc(C(F)(F)F)cc3)cc2)cc1. The van der Waals surface area contributed by atoms with Crippen LogP contribution >= 0.6 is 0 Å². The number of hydrogen-bond donors (Lipinski definition) is 0. The Bertz CT molecular complexity index is 842. The zero-order valence-electron chi connectivity index (χ0n) is 15.4. The van der Waals surface area contributed by atoms with Crippen molar-refractivity contribution in [3.63, 3.8) is 0 Å². The van der Waals surface area contributed by atoms with E-state index < -0.39 is 11.7 Å². The Morgan fingerprint density at radius 1 is 0.556 bits per heavy atom. The predicted octanol–water partition coefficient (Wildman–Crippen LogP) is 7.11. The van der Waals surface area contributed by atoms with E-state index in [-0.39, 0.29) is 0 Å². The molecule has 0 aliphatic heterocycles. The van der Waals surface area contributed by atoms with Gasteiger partial charge in [-0.15, -0.1) is 0 Å². The number of alkyl halides is 3. The summed E-state index contributed by atoms with van der Waals surface area (Å²) in [6.45, 7) is 2.18. The average molecular weight is 368 g/mol. The Kier molecular flexibility index (Phi) is 6.00. The molecule has 0 N–H and O–H groups in total. The molecule has 0 aliphatic carbocycles. The van der Waals surface area contributed by atoms with E-state index >= 15 is 0 Å². The van der Waals surface area contributed by atoms with Crippen LogP contribution in [0.5, 0.6) is 0 Å². The second kappa shape index (κ2) is 8.43. The number of hydrogen-bond acceptors (Lipinski definition) is 0. The van der Waals surface area contributed by atoms with Gasteiger partial charge in [0.2, 0.25) is 0 Å². The van der Waals surface area contributed by atoms with Gasteiger partial charge < -0.3 is 0 Å².